The van der Waals surface area contributed by atoms with Crippen molar-refractivity contribution in [3.8, 4) is 5.06 Å². The molecule has 1 aliphatic rings. The largest absolute Gasteiger partial charge is 0.486 e. The molecular formula is C11H13NO5S2. The van der Waals surface area contributed by atoms with Gasteiger partial charge in [-0.1, -0.05) is 12.2 Å². The van der Waals surface area contributed by atoms with E-state index in [4.69, 9.17) is 9.84 Å². The SMILES string of the molecule is COc1sccc1S(=O)(=O)N1CC=CC(C(=O)O)C1. The molecule has 6 nitrogen and oxygen atoms in total. The maximum atomic E-state index is 12.4. The number of carboxylic acids is 1. The van der Waals surface area contributed by atoms with Crippen molar-refractivity contribution in [1.29, 1.82) is 0 Å². The van der Waals surface area contributed by atoms with Crippen molar-refractivity contribution in [2.45, 2.75) is 4.90 Å². The van der Waals surface area contributed by atoms with Gasteiger partial charge in [0, 0.05) is 13.1 Å². The van der Waals surface area contributed by atoms with Gasteiger partial charge < -0.3 is 9.84 Å². The summed E-state index contributed by atoms with van der Waals surface area (Å²) >= 11 is 1.19. The van der Waals surface area contributed by atoms with Crippen LogP contribution in [0, 0.1) is 5.92 Å². The van der Waals surface area contributed by atoms with Crippen LogP contribution in [0.2, 0.25) is 0 Å². The lowest BCUT2D eigenvalue weighted by Crippen LogP contribution is -2.39. The summed E-state index contributed by atoms with van der Waals surface area (Å²) in [7, 11) is -2.32. The molecule has 0 fully saturated rings. The molecule has 104 valence electrons. The van der Waals surface area contributed by atoms with Gasteiger partial charge in [-0.3, -0.25) is 4.79 Å². The fourth-order valence-corrected chi connectivity index (χ4v) is 4.42. The highest BCUT2D eigenvalue weighted by Crippen LogP contribution is 2.33. The Balaban J connectivity index is 2.31. The summed E-state index contributed by atoms with van der Waals surface area (Å²) in [6.07, 6.45) is 3.07. The highest BCUT2D eigenvalue weighted by atomic mass is 32.2. The maximum absolute atomic E-state index is 12.4. The molecule has 0 aliphatic carbocycles. The Morgan fingerprint density at radius 1 is 1.58 bits per heavy atom. The van der Waals surface area contributed by atoms with E-state index in [1.54, 1.807) is 11.5 Å². The number of rotatable bonds is 4. The van der Waals surface area contributed by atoms with Crippen molar-refractivity contribution in [2.24, 2.45) is 5.92 Å². The van der Waals surface area contributed by atoms with Crippen LogP contribution in [0.4, 0.5) is 0 Å². The molecule has 8 heteroatoms. The van der Waals surface area contributed by atoms with Crippen molar-refractivity contribution in [3.05, 3.63) is 23.6 Å². The molecule has 0 saturated carbocycles. The highest BCUT2D eigenvalue weighted by molar-refractivity contribution is 7.89. The van der Waals surface area contributed by atoms with Crippen molar-refractivity contribution in [1.82, 2.24) is 4.31 Å². The lowest BCUT2D eigenvalue weighted by atomic mass is 10.1. The number of hydrogen-bond donors (Lipinski definition) is 1. The van der Waals surface area contributed by atoms with Gasteiger partial charge in [0.2, 0.25) is 10.0 Å². The van der Waals surface area contributed by atoms with E-state index >= 15 is 0 Å². The summed E-state index contributed by atoms with van der Waals surface area (Å²) < 4.78 is 31.0. The second-order valence-corrected chi connectivity index (χ2v) is 6.76. The summed E-state index contributed by atoms with van der Waals surface area (Å²) in [5.41, 5.74) is 0. The number of carboxylic acid groups (broad SMARTS) is 1. The average Bonchev–Trinajstić information content (AvgIpc) is 2.88. The topological polar surface area (TPSA) is 83.9 Å². The third kappa shape index (κ3) is 2.65. The average molecular weight is 303 g/mol. The van der Waals surface area contributed by atoms with Gasteiger partial charge in [0.1, 0.15) is 4.90 Å². The Labute approximate surface area is 115 Å². The molecule has 2 heterocycles. The third-order valence-corrected chi connectivity index (χ3v) is 5.65. The smallest absolute Gasteiger partial charge is 0.311 e. The fourth-order valence-electron chi connectivity index (χ4n) is 1.82. The molecule has 2 rings (SSSR count). The molecule has 1 N–H and O–H groups in total. The molecular weight excluding hydrogens is 290 g/mol. The van der Waals surface area contributed by atoms with Gasteiger partial charge >= 0.3 is 5.97 Å². The number of ether oxygens (including phenoxy) is 1. The van der Waals surface area contributed by atoms with Gasteiger partial charge in [0.05, 0.1) is 13.0 Å². The predicted molar refractivity (Wildman–Crippen MR) is 69.9 cm³/mol. The first-order valence-corrected chi connectivity index (χ1v) is 7.80. The summed E-state index contributed by atoms with van der Waals surface area (Å²) in [5, 5.41) is 10.9. The Kier molecular flexibility index (Phi) is 3.93. The van der Waals surface area contributed by atoms with E-state index in [9.17, 15) is 13.2 Å². The third-order valence-electron chi connectivity index (χ3n) is 2.79. The van der Waals surface area contributed by atoms with Crippen molar-refractivity contribution in [3.63, 3.8) is 0 Å². The summed E-state index contributed by atoms with van der Waals surface area (Å²) in [4.78, 5) is 11.0. The van der Waals surface area contributed by atoms with E-state index in [1.165, 1.54) is 30.6 Å². The van der Waals surface area contributed by atoms with Gasteiger partial charge in [-0.2, -0.15) is 4.31 Å². The van der Waals surface area contributed by atoms with E-state index in [-0.39, 0.29) is 18.0 Å². The van der Waals surface area contributed by atoms with Crippen molar-refractivity contribution in [2.75, 3.05) is 20.2 Å². The van der Waals surface area contributed by atoms with Gasteiger partial charge in [-0.05, 0) is 11.4 Å². The van der Waals surface area contributed by atoms with E-state index in [1.807, 2.05) is 0 Å². The van der Waals surface area contributed by atoms with Crippen LogP contribution >= 0.6 is 11.3 Å². The number of aliphatic carboxylic acids is 1. The number of methoxy groups -OCH3 is 1. The van der Waals surface area contributed by atoms with E-state index in [2.05, 4.69) is 0 Å². The normalized spacial score (nSPS) is 20.4. The monoisotopic (exact) mass is 303 g/mol. The van der Waals surface area contributed by atoms with Gasteiger partial charge in [-0.15, -0.1) is 11.3 Å². The molecule has 0 spiro atoms. The van der Waals surface area contributed by atoms with Crippen molar-refractivity contribution < 1.29 is 23.1 Å². The molecule has 0 saturated heterocycles. The first kappa shape index (κ1) is 14.0. The Morgan fingerprint density at radius 3 is 2.95 bits per heavy atom. The number of carbonyl (C=O) groups is 1. The van der Waals surface area contributed by atoms with Crippen LogP contribution in [-0.4, -0.2) is 44.0 Å². The minimum absolute atomic E-state index is 0.0623. The van der Waals surface area contributed by atoms with E-state index < -0.39 is 21.9 Å². The quantitative estimate of drug-likeness (QED) is 0.840. The van der Waals surface area contributed by atoms with Crippen LogP contribution in [0.15, 0.2) is 28.5 Å². The second kappa shape index (κ2) is 5.32. The van der Waals surface area contributed by atoms with E-state index in [0.29, 0.717) is 5.06 Å². The molecule has 0 aromatic carbocycles. The highest BCUT2D eigenvalue weighted by Gasteiger charge is 2.32. The number of nitrogens with zero attached hydrogens (tertiary/aromatic N) is 1. The first-order chi connectivity index (χ1) is 8.96. The lowest BCUT2D eigenvalue weighted by molar-refractivity contribution is -0.140. The molecule has 1 unspecified atom stereocenters. The minimum atomic E-state index is -3.72. The Hall–Kier alpha value is -1.38. The number of thiophene rings is 1. The van der Waals surface area contributed by atoms with Gasteiger partial charge in [-0.25, -0.2) is 8.42 Å². The molecule has 1 aromatic rings. The zero-order chi connectivity index (χ0) is 14.0. The molecule has 1 aromatic heterocycles. The number of hydrogen-bond acceptors (Lipinski definition) is 5. The summed E-state index contributed by atoms with van der Waals surface area (Å²) in [5.74, 6) is -1.85. The van der Waals surface area contributed by atoms with Crippen molar-refractivity contribution >= 4 is 27.3 Å². The second-order valence-electron chi connectivity index (χ2n) is 3.97. The molecule has 1 atom stereocenters. The summed E-state index contributed by atoms with van der Waals surface area (Å²) in [6, 6.07) is 1.47. The van der Waals surface area contributed by atoms with E-state index in [0.717, 1.165) is 4.31 Å². The van der Waals surface area contributed by atoms with Crippen LogP contribution < -0.4 is 4.74 Å². The van der Waals surface area contributed by atoms with Gasteiger partial charge in [0.15, 0.2) is 5.06 Å². The minimum Gasteiger partial charge on any atom is -0.486 e. The van der Waals surface area contributed by atoms with Crippen LogP contribution in [0.5, 0.6) is 5.06 Å². The summed E-state index contributed by atoms with van der Waals surface area (Å²) in [6.45, 7) is 0.109. The maximum Gasteiger partial charge on any atom is 0.311 e. The van der Waals surface area contributed by atoms with Crippen LogP contribution in [0.1, 0.15) is 0 Å². The Bertz CT molecular complexity index is 604. The fraction of sp³-hybridized carbons (Fsp3) is 0.364. The Morgan fingerprint density at radius 2 is 2.32 bits per heavy atom. The lowest BCUT2D eigenvalue weighted by Gasteiger charge is -2.26. The molecule has 0 radical (unpaired) electrons. The van der Waals surface area contributed by atoms with Crippen LogP contribution in [-0.2, 0) is 14.8 Å². The standard InChI is InChI=1S/C11H13NO5S2/c1-17-11-9(4-6-18-11)19(15,16)12-5-2-3-8(7-12)10(13)14/h2-4,6,8H,5,7H2,1H3,(H,13,14). The molecule has 19 heavy (non-hydrogen) atoms. The van der Waals surface area contributed by atoms with Crippen LogP contribution in [0.3, 0.4) is 0 Å². The predicted octanol–water partition coefficient (Wildman–Crippen LogP) is 1.02. The zero-order valence-corrected chi connectivity index (χ0v) is 11.8. The van der Waals surface area contributed by atoms with Crippen LogP contribution in [0.25, 0.3) is 0 Å². The molecule has 0 bridgehead atoms. The number of sulfonamides is 1. The molecule has 0 amide bonds. The zero-order valence-electron chi connectivity index (χ0n) is 10.1. The first-order valence-electron chi connectivity index (χ1n) is 5.48. The molecule has 1 aliphatic heterocycles. The van der Waals surface area contributed by atoms with Gasteiger partial charge in [0.25, 0.3) is 0 Å².